The third-order valence-electron chi connectivity index (χ3n) is 8.23. The molecule has 0 bridgehead atoms. The van der Waals surface area contributed by atoms with Gasteiger partial charge < -0.3 is 19.7 Å². The van der Waals surface area contributed by atoms with E-state index in [0.29, 0.717) is 19.4 Å². The molecule has 9 nitrogen and oxygen atoms in total. The summed E-state index contributed by atoms with van der Waals surface area (Å²) in [4.78, 5) is 34.8. The van der Waals surface area contributed by atoms with Gasteiger partial charge in [-0.3, -0.25) is 18.6 Å². The quantitative estimate of drug-likeness (QED) is 0.0379. The SMILES string of the molecule is CCCCCCCCCCCCCCC(=O)OCC(COP(=O)(O)OCCNC)OC(=O)CCCCCCCCCCCCCC. The number of likely N-dealkylation sites (N-methyl/N-ethyl adjacent to an activating group) is 1. The molecule has 2 N–H and O–H groups in total. The first-order valence-corrected chi connectivity index (χ1v) is 20.5. The Morgan fingerprint density at radius 3 is 1.39 bits per heavy atom. The average Bonchev–Trinajstić information content (AvgIpc) is 3.03. The highest BCUT2D eigenvalue weighted by molar-refractivity contribution is 7.47. The van der Waals surface area contributed by atoms with Crippen molar-refractivity contribution >= 4 is 19.8 Å². The maximum Gasteiger partial charge on any atom is 0.472 e. The van der Waals surface area contributed by atoms with Crippen molar-refractivity contribution < 1.29 is 37.6 Å². The molecular formula is C36H72NO8P. The summed E-state index contributed by atoms with van der Waals surface area (Å²) in [6.45, 7) is 4.22. The van der Waals surface area contributed by atoms with Gasteiger partial charge >= 0.3 is 19.8 Å². The molecule has 0 spiro atoms. The Labute approximate surface area is 282 Å². The van der Waals surface area contributed by atoms with Crippen LogP contribution in [-0.4, -0.2) is 56.3 Å². The number of carbonyl (C=O) groups is 2. The molecule has 0 aliphatic heterocycles. The number of unbranched alkanes of at least 4 members (excludes halogenated alkanes) is 22. The Morgan fingerprint density at radius 1 is 0.587 bits per heavy atom. The van der Waals surface area contributed by atoms with Crippen LogP contribution in [0.3, 0.4) is 0 Å². The monoisotopic (exact) mass is 677 g/mol. The largest absolute Gasteiger partial charge is 0.472 e. The van der Waals surface area contributed by atoms with Gasteiger partial charge in [0.1, 0.15) is 6.61 Å². The van der Waals surface area contributed by atoms with Crippen LogP contribution in [0.25, 0.3) is 0 Å². The summed E-state index contributed by atoms with van der Waals surface area (Å²) < 4.78 is 33.0. The van der Waals surface area contributed by atoms with Gasteiger partial charge in [0.2, 0.25) is 0 Å². The first-order valence-electron chi connectivity index (χ1n) is 19.0. The first-order chi connectivity index (χ1) is 22.3. The molecule has 0 aromatic heterocycles. The highest BCUT2D eigenvalue weighted by Gasteiger charge is 2.26. The van der Waals surface area contributed by atoms with Crippen molar-refractivity contribution in [2.75, 3.05) is 33.4 Å². The van der Waals surface area contributed by atoms with E-state index in [9.17, 15) is 19.0 Å². The maximum absolute atomic E-state index is 12.5. The van der Waals surface area contributed by atoms with Crippen LogP contribution >= 0.6 is 7.82 Å². The van der Waals surface area contributed by atoms with E-state index in [4.69, 9.17) is 18.5 Å². The van der Waals surface area contributed by atoms with Gasteiger partial charge in [0.15, 0.2) is 6.10 Å². The van der Waals surface area contributed by atoms with E-state index in [-0.39, 0.29) is 25.6 Å². The van der Waals surface area contributed by atoms with Crippen molar-refractivity contribution in [2.45, 2.75) is 187 Å². The summed E-state index contributed by atoms with van der Waals surface area (Å²) in [5, 5.41) is 2.82. The molecular weight excluding hydrogens is 605 g/mol. The molecule has 274 valence electrons. The van der Waals surface area contributed by atoms with E-state index < -0.39 is 26.5 Å². The van der Waals surface area contributed by atoms with E-state index in [2.05, 4.69) is 19.2 Å². The molecule has 2 atom stereocenters. The number of ether oxygens (including phenoxy) is 2. The highest BCUT2D eigenvalue weighted by atomic mass is 31.2. The number of phosphoric acid groups is 1. The Morgan fingerprint density at radius 2 is 0.978 bits per heavy atom. The minimum absolute atomic E-state index is 0.0122. The number of carbonyl (C=O) groups excluding carboxylic acids is 2. The number of phosphoric ester groups is 1. The van der Waals surface area contributed by atoms with E-state index in [1.54, 1.807) is 7.05 Å². The molecule has 0 aliphatic carbocycles. The molecule has 0 aromatic rings. The summed E-state index contributed by atoms with van der Waals surface area (Å²) in [6.07, 6.45) is 28.5. The number of esters is 2. The molecule has 2 unspecified atom stereocenters. The number of nitrogens with one attached hydrogen (secondary N) is 1. The summed E-state index contributed by atoms with van der Waals surface area (Å²) in [5.74, 6) is -0.798. The normalized spacial score (nSPS) is 13.4. The fourth-order valence-electron chi connectivity index (χ4n) is 5.32. The van der Waals surface area contributed by atoms with Gasteiger partial charge in [0, 0.05) is 19.4 Å². The molecule has 0 heterocycles. The first kappa shape index (κ1) is 45.0. The van der Waals surface area contributed by atoms with Crippen LogP contribution in [0.2, 0.25) is 0 Å². The molecule has 46 heavy (non-hydrogen) atoms. The lowest BCUT2D eigenvalue weighted by molar-refractivity contribution is -0.161. The minimum Gasteiger partial charge on any atom is -0.462 e. The number of hydrogen-bond donors (Lipinski definition) is 2. The van der Waals surface area contributed by atoms with Crippen LogP contribution in [-0.2, 0) is 32.7 Å². The predicted octanol–water partition coefficient (Wildman–Crippen LogP) is 9.98. The topological polar surface area (TPSA) is 120 Å². The predicted molar refractivity (Wildman–Crippen MR) is 188 cm³/mol. The zero-order valence-electron chi connectivity index (χ0n) is 30.0. The van der Waals surface area contributed by atoms with E-state index in [1.807, 2.05) is 0 Å². The Hall–Kier alpha value is -0.990. The van der Waals surface area contributed by atoms with Crippen molar-refractivity contribution in [3.63, 3.8) is 0 Å². The molecule has 0 saturated carbocycles. The summed E-state index contributed by atoms with van der Waals surface area (Å²) in [5.41, 5.74) is 0. The maximum atomic E-state index is 12.5. The molecule has 0 fully saturated rings. The lowest BCUT2D eigenvalue weighted by Crippen LogP contribution is -2.29. The zero-order chi connectivity index (χ0) is 34.0. The van der Waals surface area contributed by atoms with Crippen LogP contribution in [0.4, 0.5) is 0 Å². The second kappa shape index (κ2) is 33.9. The summed E-state index contributed by atoms with van der Waals surface area (Å²) in [6, 6.07) is 0. The minimum atomic E-state index is -4.33. The van der Waals surface area contributed by atoms with E-state index >= 15 is 0 Å². The van der Waals surface area contributed by atoms with Crippen LogP contribution in [0, 0.1) is 0 Å². The molecule has 0 rings (SSSR count). The van der Waals surface area contributed by atoms with Crippen LogP contribution in [0.1, 0.15) is 181 Å². The Bertz CT molecular complexity index is 739. The van der Waals surface area contributed by atoms with E-state index in [0.717, 1.165) is 32.1 Å². The second-order valence-corrected chi connectivity index (χ2v) is 14.2. The second-order valence-electron chi connectivity index (χ2n) is 12.8. The summed E-state index contributed by atoms with van der Waals surface area (Å²) in [7, 11) is -2.63. The van der Waals surface area contributed by atoms with Gasteiger partial charge in [0.05, 0.1) is 13.2 Å². The number of hydrogen-bond acceptors (Lipinski definition) is 8. The van der Waals surface area contributed by atoms with Gasteiger partial charge in [-0.05, 0) is 19.9 Å². The van der Waals surface area contributed by atoms with Crippen molar-refractivity contribution in [1.82, 2.24) is 5.32 Å². The van der Waals surface area contributed by atoms with Crippen molar-refractivity contribution in [3.05, 3.63) is 0 Å². The molecule has 0 aliphatic rings. The van der Waals surface area contributed by atoms with E-state index in [1.165, 1.54) is 116 Å². The van der Waals surface area contributed by atoms with Crippen molar-refractivity contribution in [2.24, 2.45) is 0 Å². The van der Waals surface area contributed by atoms with Gasteiger partial charge in [-0.1, -0.05) is 155 Å². The van der Waals surface area contributed by atoms with Crippen LogP contribution in [0.5, 0.6) is 0 Å². The smallest absolute Gasteiger partial charge is 0.462 e. The van der Waals surface area contributed by atoms with Crippen LogP contribution < -0.4 is 5.32 Å². The van der Waals surface area contributed by atoms with Crippen molar-refractivity contribution in [1.29, 1.82) is 0 Å². The van der Waals surface area contributed by atoms with Gasteiger partial charge in [-0.15, -0.1) is 0 Å². The Balaban J connectivity index is 4.27. The fourth-order valence-corrected chi connectivity index (χ4v) is 6.07. The highest BCUT2D eigenvalue weighted by Crippen LogP contribution is 2.43. The molecule has 0 amide bonds. The summed E-state index contributed by atoms with van der Waals surface area (Å²) >= 11 is 0. The zero-order valence-corrected chi connectivity index (χ0v) is 30.9. The average molecular weight is 678 g/mol. The standard InChI is InChI=1S/C36H72NO8P/c1-4-6-8-10-12-14-16-18-20-22-24-26-28-35(38)42-32-34(33-44-46(40,41)43-31-30-37-3)45-36(39)29-27-25-23-21-19-17-15-13-11-9-7-5-2/h34,37H,4-33H2,1-3H3,(H,40,41). The van der Waals surface area contributed by atoms with Crippen LogP contribution in [0.15, 0.2) is 0 Å². The lowest BCUT2D eigenvalue weighted by Gasteiger charge is -2.20. The Kier molecular flexibility index (Phi) is 33.2. The molecule has 0 radical (unpaired) electrons. The third-order valence-corrected chi connectivity index (χ3v) is 9.21. The molecule has 0 saturated heterocycles. The lowest BCUT2D eigenvalue weighted by atomic mass is 10.0. The van der Waals surface area contributed by atoms with Gasteiger partial charge in [-0.25, -0.2) is 4.57 Å². The third kappa shape index (κ3) is 32.9. The van der Waals surface area contributed by atoms with Crippen molar-refractivity contribution in [3.8, 4) is 0 Å². The molecule has 10 heteroatoms. The van der Waals surface area contributed by atoms with Gasteiger partial charge in [0.25, 0.3) is 0 Å². The number of rotatable bonds is 36. The fraction of sp³-hybridized carbons (Fsp3) is 0.944. The molecule has 0 aromatic carbocycles. The van der Waals surface area contributed by atoms with Gasteiger partial charge in [-0.2, -0.15) is 0 Å².